The molecule has 1 rings (SSSR count). The summed E-state index contributed by atoms with van der Waals surface area (Å²) in [5, 5.41) is 13.2. The Kier molecular flexibility index (Phi) is 6.50. The van der Waals surface area contributed by atoms with Crippen LogP contribution in [-0.4, -0.2) is 23.2 Å². The molecule has 118 valence electrons. The Hall–Kier alpha value is -0.570. The maximum Gasteiger partial charge on any atom is 0.307 e. The molecule has 0 aromatic rings. The molecular weight excluding hydrogens is 250 g/mol. The highest BCUT2D eigenvalue weighted by molar-refractivity contribution is 5.71. The fraction of sp³-hybridized carbons (Fsp3) is 0.941. The van der Waals surface area contributed by atoms with Gasteiger partial charge in [-0.2, -0.15) is 0 Å². The van der Waals surface area contributed by atoms with E-state index in [4.69, 9.17) is 0 Å². The van der Waals surface area contributed by atoms with Crippen LogP contribution >= 0.6 is 0 Å². The van der Waals surface area contributed by atoms with E-state index in [-0.39, 0.29) is 11.3 Å². The third-order valence-corrected chi connectivity index (χ3v) is 5.46. The Bertz CT molecular complexity index is 308. The van der Waals surface area contributed by atoms with Gasteiger partial charge >= 0.3 is 5.97 Å². The first-order valence-electron chi connectivity index (χ1n) is 8.33. The predicted octanol–water partition coefficient (Wildman–Crippen LogP) is 4.07. The van der Waals surface area contributed by atoms with Crippen LogP contribution in [0, 0.1) is 17.3 Å². The fourth-order valence-corrected chi connectivity index (χ4v) is 3.78. The van der Waals surface area contributed by atoms with E-state index in [9.17, 15) is 9.90 Å². The van der Waals surface area contributed by atoms with Crippen molar-refractivity contribution in [1.82, 2.24) is 5.32 Å². The first-order valence-corrected chi connectivity index (χ1v) is 8.33. The number of hydrogen-bond donors (Lipinski definition) is 2. The minimum absolute atomic E-state index is 0.134. The van der Waals surface area contributed by atoms with Gasteiger partial charge < -0.3 is 10.4 Å². The Balaban J connectivity index is 2.71. The molecule has 1 fully saturated rings. The van der Waals surface area contributed by atoms with Crippen LogP contribution in [0.4, 0.5) is 0 Å². The monoisotopic (exact) mass is 283 g/mol. The first kappa shape index (κ1) is 17.5. The molecule has 3 nitrogen and oxygen atoms in total. The predicted molar refractivity (Wildman–Crippen MR) is 83.8 cm³/mol. The molecule has 0 heterocycles. The van der Waals surface area contributed by atoms with Gasteiger partial charge in [0.25, 0.3) is 0 Å². The van der Waals surface area contributed by atoms with E-state index in [0.717, 1.165) is 12.8 Å². The minimum Gasteiger partial charge on any atom is -0.481 e. The lowest BCUT2D eigenvalue weighted by molar-refractivity contribution is -0.150. The van der Waals surface area contributed by atoms with Crippen LogP contribution in [0.1, 0.15) is 73.1 Å². The summed E-state index contributed by atoms with van der Waals surface area (Å²) in [6.45, 7) is 10.9. The average molecular weight is 283 g/mol. The fourth-order valence-electron chi connectivity index (χ4n) is 3.78. The van der Waals surface area contributed by atoms with E-state index in [2.05, 4.69) is 39.9 Å². The number of nitrogens with one attached hydrogen (secondary N) is 1. The third-order valence-electron chi connectivity index (χ3n) is 5.46. The smallest absolute Gasteiger partial charge is 0.307 e. The van der Waals surface area contributed by atoms with Crippen LogP contribution in [0.3, 0.4) is 0 Å². The molecule has 1 aliphatic rings. The molecule has 0 aromatic heterocycles. The molecule has 0 bridgehead atoms. The summed E-state index contributed by atoms with van der Waals surface area (Å²) in [5.74, 6) is -0.432. The Morgan fingerprint density at radius 2 is 1.80 bits per heavy atom. The Labute approximate surface area is 124 Å². The molecule has 0 aliphatic heterocycles. The minimum atomic E-state index is -0.626. The first-order chi connectivity index (χ1) is 9.34. The molecule has 3 heteroatoms. The summed E-state index contributed by atoms with van der Waals surface area (Å²) in [6, 6.07) is 1.05. The number of rotatable bonds is 7. The maximum atomic E-state index is 11.4. The van der Waals surface area contributed by atoms with Crippen LogP contribution in [0.2, 0.25) is 0 Å². The summed E-state index contributed by atoms with van der Waals surface area (Å²) >= 11 is 0. The van der Waals surface area contributed by atoms with E-state index in [1.165, 1.54) is 25.7 Å². The molecule has 1 saturated carbocycles. The molecule has 0 amide bonds. The number of aliphatic carboxylic acids is 1. The highest BCUT2D eigenvalue weighted by atomic mass is 16.4. The lowest BCUT2D eigenvalue weighted by Crippen LogP contribution is -2.53. The van der Waals surface area contributed by atoms with Gasteiger partial charge in [-0.1, -0.05) is 47.5 Å². The maximum absolute atomic E-state index is 11.4. The van der Waals surface area contributed by atoms with E-state index >= 15 is 0 Å². The van der Waals surface area contributed by atoms with Gasteiger partial charge in [-0.15, -0.1) is 0 Å². The number of carbonyl (C=O) groups is 1. The zero-order valence-corrected chi connectivity index (χ0v) is 13.9. The molecule has 20 heavy (non-hydrogen) atoms. The van der Waals surface area contributed by atoms with Gasteiger partial charge in [-0.05, 0) is 37.0 Å². The van der Waals surface area contributed by atoms with Crippen LogP contribution < -0.4 is 5.32 Å². The molecule has 3 atom stereocenters. The van der Waals surface area contributed by atoms with Crippen molar-refractivity contribution < 1.29 is 9.90 Å². The molecule has 2 N–H and O–H groups in total. The molecule has 0 saturated heterocycles. The summed E-state index contributed by atoms with van der Waals surface area (Å²) in [4.78, 5) is 11.4. The second-order valence-corrected chi connectivity index (χ2v) is 7.13. The van der Waals surface area contributed by atoms with Crippen LogP contribution in [0.5, 0.6) is 0 Å². The van der Waals surface area contributed by atoms with E-state index in [0.29, 0.717) is 18.0 Å². The summed E-state index contributed by atoms with van der Waals surface area (Å²) in [6.07, 6.45) is 6.65. The lowest BCUT2D eigenvalue weighted by atomic mass is 9.61. The summed E-state index contributed by atoms with van der Waals surface area (Å²) < 4.78 is 0. The van der Waals surface area contributed by atoms with Gasteiger partial charge in [0.2, 0.25) is 0 Å². The number of carboxylic acids is 1. The van der Waals surface area contributed by atoms with Crippen LogP contribution in [0.15, 0.2) is 0 Å². The largest absolute Gasteiger partial charge is 0.481 e. The highest BCUT2D eigenvalue weighted by Gasteiger charge is 2.46. The second-order valence-electron chi connectivity index (χ2n) is 7.13. The van der Waals surface area contributed by atoms with Gasteiger partial charge in [0.15, 0.2) is 0 Å². The van der Waals surface area contributed by atoms with Crippen molar-refractivity contribution in [3.05, 3.63) is 0 Å². The number of carboxylic acid groups (broad SMARTS) is 1. The van der Waals surface area contributed by atoms with Crippen molar-refractivity contribution in [3.8, 4) is 0 Å². The van der Waals surface area contributed by atoms with Crippen molar-refractivity contribution in [3.63, 3.8) is 0 Å². The van der Waals surface area contributed by atoms with Crippen LogP contribution in [-0.2, 0) is 4.79 Å². The highest BCUT2D eigenvalue weighted by Crippen LogP contribution is 2.45. The second kappa shape index (κ2) is 7.44. The molecule has 0 aromatic carbocycles. The van der Waals surface area contributed by atoms with Gasteiger partial charge in [-0.3, -0.25) is 4.79 Å². The third kappa shape index (κ3) is 3.97. The Morgan fingerprint density at radius 1 is 1.25 bits per heavy atom. The molecule has 0 spiro atoms. The molecule has 0 radical (unpaired) electrons. The lowest BCUT2D eigenvalue weighted by Gasteiger charge is -2.47. The van der Waals surface area contributed by atoms with E-state index in [1.54, 1.807) is 0 Å². The molecule has 1 aliphatic carbocycles. The normalized spacial score (nSPS) is 29.6. The van der Waals surface area contributed by atoms with E-state index in [1.807, 2.05) is 0 Å². The van der Waals surface area contributed by atoms with Crippen molar-refractivity contribution in [1.29, 1.82) is 0 Å². The average Bonchev–Trinajstić information content (AvgIpc) is 2.35. The summed E-state index contributed by atoms with van der Waals surface area (Å²) in [7, 11) is 0. The number of hydrogen-bond acceptors (Lipinski definition) is 2. The summed E-state index contributed by atoms with van der Waals surface area (Å²) in [5.41, 5.74) is -0.134. The van der Waals surface area contributed by atoms with Gasteiger partial charge in [0.05, 0.1) is 5.92 Å². The SMILES string of the molecule is CCCC(CCC)NC1CCC(C(=O)O)C(C)(C)C1C. The topological polar surface area (TPSA) is 49.3 Å². The van der Waals surface area contributed by atoms with Crippen molar-refractivity contribution >= 4 is 5.97 Å². The zero-order chi connectivity index (χ0) is 15.3. The molecule has 3 unspecified atom stereocenters. The Morgan fingerprint density at radius 3 is 2.25 bits per heavy atom. The molecular formula is C17H33NO2. The van der Waals surface area contributed by atoms with Crippen molar-refractivity contribution in [2.75, 3.05) is 0 Å². The van der Waals surface area contributed by atoms with E-state index < -0.39 is 5.97 Å². The standard InChI is InChI=1S/C17H33NO2/c1-6-8-13(9-7-2)18-15-11-10-14(16(19)20)17(4,5)12(15)3/h12-15,18H,6-11H2,1-5H3,(H,19,20). The zero-order valence-electron chi connectivity index (χ0n) is 13.9. The van der Waals surface area contributed by atoms with Crippen LogP contribution in [0.25, 0.3) is 0 Å². The van der Waals surface area contributed by atoms with Crippen molar-refractivity contribution in [2.24, 2.45) is 17.3 Å². The van der Waals surface area contributed by atoms with Crippen molar-refractivity contribution in [2.45, 2.75) is 85.2 Å². The van der Waals surface area contributed by atoms with Gasteiger partial charge in [0, 0.05) is 12.1 Å². The van der Waals surface area contributed by atoms with Gasteiger partial charge in [0.1, 0.15) is 0 Å². The van der Waals surface area contributed by atoms with Gasteiger partial charge in [-0.25, -0.2) is 0 Å². The quantitative estimate of drug-likeness (QED) is 0.740.